The lowest BCUT2D eigenvalue weighted by Crippen LogP contribution is -2.49. The van der Waals surface area contributed by atoms with Gasteiger partial charge in [0.05, 0.1) is 25.4 Å². The first-order chi connectivity index (χ1) is 16.7. The first-order valence-electron chi connectivity index (χ1n) is 12.3. The van der Waals surface area contributed by atoms with Gasteiger partial charge in [-0.1, -0.05) is 30.3 Å². The third-order valence-electron chi connectivity index (χ3n) is 7.13. The van der Waals surface area contributed by atoms with Gasteiger partial charge in [-0.15, -0.1) is 0 Å². The summed E-state index contributed by atoms with van der Waals surface area (Å²) in [6.07, 6.45) is -0.0316. The van der Waals surface area contributed by atoms with Crippen molar-refractivity contribution < 1.29 is 28.1 Å². The summed E-state index contributed by atoms with van der Waals surface area (Å²) in [6.45, 7) is 4.36. The molecule has 2 aliphatic heterocycles. The molecule has 8 heteroatoms. The number of ether oxygens (including phenoxy) is 1. The largest absolute Gasteiger partial charge is 0.492 e. The normalized spacial score (nSPS) is 22.5. The van der Waals surface area contributed by atoms with Gasteiger partial charge in [0.1, 0.15) is 19.0 Å². The summed E-state index contributed by atoms with van der Waals surface area (Å²) in [6, 6.07) is 12.6. The van der Waals surface area contributed by atoms with Gasteiger partial charge in [-0.05, 0) is 54.7 Å². The Morgan fingerprint density at radius 1 is 1.14 bits per heavy atom. The number of benzene rings is 2. The van der Waals surface area contributed by atoms with Crippen LogP contribution in [-0.2, 0) is 6.42 Å². The molecular weight excluding hydrogens is 457 g/mol. The Kier molecular flexibility index (Phi) is 8.06. The highest BCUT2D eigenvalue weighted by molar-refractivity contribution is 5.44. The maximum atomic E-state index is 14.3. The second-order valence-electron chi connectivity index (χ2n) is 9.97. The molecular formula is C27H35F3N2O3. The van der Waals surface area contributed by atoms with Gasteiger partial charge in [0.2, 0.25) is 0 Å². The molecule has 35 heavy (non-hydrogen) atoms. The predicted octanol–water partition coefficient (Wildman–Crippen LogP) is 3.98. The van der Waals surface area contributed by atoms with Crippen LogP contribution in [0.3, 0.4) is 0 Å². The van der Waals surface area contributed by atoms with Crippen LogP contribution in [0.5, 0.6) is 5.75 Å². The first kappa shape index (κ1) is 25.9. The number of nitrogens with zero attached hydrogens (tertiary/aromatic N) is 2. The lowest BCUT2D eigenvalue weighted by atomic mass is 9.83. The molecule has 0 aliphatic carbocycles. The van der Waals surface area contributed by atoms with Crippen molar-refractivity contribution >= 4 is 0 Å². The van der Waals surface area contributed by atoms with Crippen LogP contribution in [0.15, 0.2) is 42.5 Å². The quantitative estimate of drug-likeness (QED) is 0.526. The van der Waals surface area contributed by atoms with Crippen LogP contribution in [0.2, 0.25) is 0 Å². The van der Waals surface area contributed by atoms with E-state index < -0.39 is 31.2 Å². The highest BCUT2D eigenvalue weighted by Crippen LogP contribution is 2.40. The molecule has 1 saturated heterocycles. The van der Waals surface area contributed by atoms with Crippen LogP contribution < -0.4 is 4.74 Å². The zero-order valence-corrected chi connectivity index (χ0v) is 20.3. The topological polar surface area (TPSA) is 56.2 Å². The zero-order chi connectivity index (χ0) is 25.2. The van der Waals surface area contributed by atoms with Gasteiger partial charge in [0.25, 0.3) is 5.92 Å². The molecule has 2 heterocycles. The second kappa shape index (κ2) is 10.9. The molecule has 0 spiro atoms. The molecule has 192 valence electrons. The Morgan fingerprint density at radius 2 is 1.86 bits per heavy atom. The third kappa shape index (κ3) is 6.00. The number of halogens is 3. The van der Waals surface area contributed by atoms with E-state index in [1.54, 1.807) is 11.8 Å². The first-order valence-corrected chi connectivity index (χ1v) is 12.3. The summed E-state index contributed by atoms with van der Waals surface area (Å²) in [4.78, 5) is 3.90. The number of aliphatic hydroxyl groups excluding tert-OH is 2. The number of hydrogen-bond acceptors (Lipinski definition) is 5. The molecule has 0 aromatic heterocycles. The average molecular weight is 493 g/mol. The molecule has 2 aliphatic rings. The van der Waals surface area contributed by atoms with Gasteiger partial charge < -0.3 is 14.9 Å². The molecule has 2 N–H and O–H groups in total. The summed E-state index contributed by atoms with van der Waals surface area (Å²) in [5.74, 6) is -2.38. The number of aliphatic hydroxyl groups is 2. The van der Waals surface area contributed by atoms with Crippen LogP contribution >= 0.6 is 0 Å². The highest BCUT2D eigenvalue weighted by atomic mass is 19.3. The molecule has 0 saturated carbocycles. The van der Waals surface area contributed by atoms with Crippen LogP contribution in [0.25, 0.3) is 0 Å². The average Bonchev–Trinajstić information content (AvgIpc) is 2.81. The summed E-state index contributed by atoms with van der Waals surface area (Å²) in [7, 11) is 0. The Balaban J connectivity index is 1.54. The standard InChI is InChI=1S/C27H35F3N2O3/c1-18-11-23-12-22(19(2)34)5-8-25(23)26(32(18)16-27(29,30)17-33)21-3-6-24(7-4-21)35-10-9-31-14-20(13-28)15-31/h3-8,12,18-20,26,33-34H,9-11,13-17H2,1-2H3/t18-,19?,26-/m0/s1. The van der Waals surface area contributed by atoms with Crippen LogP contribution in [0.4, 0.5) is 13.2 Å². The van der Waals surface area contributed by atoms with Gasteiger partial charge in [-0.2, -0.15) is 0 Å². The minimum absolute atomic E-state index is 0.146. The van der Waals surface area contributed by atoms with Crippen molar-refractivity contribution in [1.29, 1.82) is 0 Å². The Labute approximate surface area is 205 Å². The fourth-order valence-electron chi connectivity index (χ4n) is 5.13. The van der Waals surface area contributed by atoms with Crippen LogP contribution in [0.1, 0.15) is 48.2 Å². The van der Waals surface area contributed by atoms with Crippen molar-refractivity contribution in [2.75, 3.05) is 46.1 Å². The summed E-state index contributed by atoms with van der Waals surface area (Å²) in [5.41, 5.74) is 3.62. The van der Waals surface area contributed by atoms with E-state index in [1.807, 2.05) is 49.4 Å². The smallest absolute Gasteiger partial charge is 0.283 e. The van der Waals surface area contributed by atoms with Gasteiger partial charge in [0, 0.05) is 31.6 Å². The van der Waals surface area contributed by atoms with E-state index in [4.69, 9.17) is 4.74 Å². The summed E-state index contributed by atoms with van der Waals surface area (Å²) in [5, 5.41) is 19.2. The highest BCUT2D eigenvalue weighted by Gasteiger charge is 2.40. The van der Waals surface area contributed by atoms with Crippen molar-refractivity contribution in [3.8, 4) is 5.75 Å². The monoisotopic (exact) mass is 492 g/mol. The molecule has 0 radical (unpaired) electrons. The molecule has 0 bridgehead atoms. The van der Waals surface area contributed by atoms with Crippen molar-refractivity contribution in [3.63, 3.8) is 0 Å². The number of likely N-dealkylation sites (tertiary alicyclic amines) is 1. The molecule has 1 fully saturated rings. The Hall–Kier alpha value is -2.13. The molecule has 5 nitrogen and oxygen atoms in total. The lowest BCUT2D eigenvalue weighted by Gasteiger charge is -2.43. The van der Waals surface area contributed by atoms with Crippen LogP contribution in [-0.4, -0.2) is 78.0 Å². The van der Waals surface area contributed by atoms with Crippen molar-refractivity contribution in [2.45, 2.75) is 44.4 Å². The summed E-state index contributed by atoms with van der Waals surface area (Å²) < 4.78 is 47.1. The fraction of sp³-hybridized carbons (Fsp3) is 0.556. The number of fused-ring (bicyclic) bond motifs is 1. The van der Waals surface area contributed by atoms with Crippen molar-refractivity contribution in [3.05, 3.63) is 64.7 Å². The minimum Gasteiger partial charge on any atom is -0.492 e. The lowest BCUT2D eigenvalue weighted by molar-refractivity contribution is -0.0862. The minimum atomic E-state index is -3.22. The second-order valence-corrected chi connectivity index (χ2v) is 9.97. The Morgan fingerprint density at radius 3 is 2.49 bits per heavy atom. The van der Waals surface area contributed by atoms with E-state index >= 15 is 0 Å². The number of rotatable bonds is 10. The number of alkyl halides is 3. The predicted molar refractivity (Wildman–Crippen MR) is 129 cm³/mol. The Bertz CT molecular complexity index is 980. The van der Waals surface area contributed by atoms with Crippen molar-refractivity contribution in [2.24, 2.45) is 5.92 Å². The van der Waals surface area contributed by atoms with E-state index in [1.165, 1.54) is 0 Å². The molecule has 0 amide bonds. The van der Waals surface area contributed by atoms with E-state index in [-0.39, 0.29) is 18.6 Å². The van der Waals surface area contributed by atoms with Gasteiger partial charge in [-0.25, -0.2) is 8.78 Å². The maximum Gasteiger partial charge on any atom is 0.283 e. The number of hydrogen-bond donors (Lipinski definition) is 2. The van der Waals surface area contributed by atoms with Gasteiger partial charge in [0.15, 0.2) is 0 Å². The molecule has 4 rings (SSSR count). The third-order valence-corrected chi connectivity index (χ3v) is 7.13. The van der Waals surface area contributed by atoms with Crippen molar-refractivity contribution in [1.82, 2.24) is 9.80 Å². The molecule has 3 atom stereocenters. The van der Waals surface area contributed by atoms with E-state index in [2.05, 4.69) is 4.90 Å². The molecule has 1 unspecified atom stereocenters. The molecule has 2 aromatic rings. The van der Waals surface area contributed by atoms with E-state index in [9.17, 15) is 23.4 Å². The summed E-state index contributed by atoms with van der Waals surface area (Å²) >= 11 is 0. The van der Waals surface area contributed by atoms with Crippen LogP contribution in [0, 0.1) is 5.92 Å². The SMILES string of the molecule is CC(O)c1ccc2c(c1)C[C@H](C)N(CC(F)(F)CO)[C@H]2c1ccc(OCCN2CC(CF)C2)cc1. The van der Waals surface area contributed by atoms with E-state index in [0.29, 0.717) is 18.8 Å². The van der Waals surface area contributed by atoms with Gasteiger partial charge >= 0.3 is 0 Å². The van der Waals surface area contributed by atoms with Gasteiger partial charge in [-0.3, -0.25) is 14.2 Å². The van der Waals surface area contributed by atoms with E-state index in [0.717, 1.165) is 41.9 Å². The molecule has 2 aromatic carbocycles. The fourth-order valence-corrected chi connectivity index (χ4v) is 5.13. The maximum absolute atomic E-state index is 14.3. The zero-order valence-electron chi connectivity index (χ0n) is 20.3.